The van der Waals surface area contributed by atoms with Gasteiger partial charge in [0.2, 0.25) is 5.88 Å². The van der Waals surface area contributed by atoms with Crippen LogP contribution in [-0.2, 0) is 19.6 Å². The second kappa shape index (κ2) is 15.4. The second-order valence-electron chi connectivity index (χ2n) is 12.7. The number of ether oxygens (including phenoxy) is 1. The highest BCUT2D eigenvalue weighted by atomic mass is 19.4. The standard InChI is InChI=1S/C36H39F4N7O3/c1-46-32(36(38,39)40)21-31(45-46)34(49)44-28-11-9-27(10-12-28)43-33(48)30-20-26(37)22-42-35(30)50-29-4-2-3-25(19-29)24-7-5-23(6-8-24)13-16-47-17-14-41-15-18-47/h2-8,19-22,27-28,41H,9-18H2,1H3,(H,43,48)(H,44,49). The zero-order chi connectivity index (χ0) is 35.3. The van der Waals surface area contributed by atoms with E-state index in [2.05, 4.69) is 55.2 Å². The molecule has 2 amide bonds. The maximum Gasteiger partial charge on any atom is 0.433 e. The molecule has 3 N–H and O–H groups in total. The van der Waals surface area contributed by atoms with Gasteiger partial charge in [0.25, 0.3) is 11.8 Å². The lowest BCUT2D eigenvalue weighted by molar-refractivity contribution is -0.143. The number of hydrogen-bond acceptors (Lipinski definition) is 7. The summed E-state index contributed by atoms with van der Waals surface area (Å²) in [5.41, 5.74) is 1.79. The third-order valence-corrected chi connectivity index (χ3v) is 9.13. The molecule has 4 aromatic rings. The van der Waals surface area contributed by atoms with Gasteiger partial charge in [-0.15, -0.1) is 0 Å². The molecule has 264 valence electrons. The minimum Gasteiger partial charge on any atom is -0.438 e. The molecule has 1 saturated carbocycles. The van der Waals surface area contributed by atoms with Crippen LogP contribution < -0.4 is 20.7 Å². The number of benzene rings is 2. The number of carbonyl (C=O) groups excluding carboxylic acids is 2. The molecule has 14 heteroatoms. The van der Waals surface area contributed by atoms with Crippen molar-refractivity contribution in [2.45, 2.75) is 50.4 Å². The summed E-state index contributed by atoms with van der Waals surface area (Å²) >= 11 is 0. The molecule has 1 saturated heterocycles. The Kier molecular flexibility index (Phi) is 10.8. The average molecular weight is 694 g/mol. The van der Waals surface area contributed by atoms with E-state index in [-0.39, 0.29) is 29.2 Å². The molecule has 1 aliphatic heterocycles. The van der Waals surface area contributed by atoms with E-state index < -0.39 is 29.5 Å². The Morgan fingerprint density at radius 3 is 2.26 bits per heavy atom. The summed E-state index contributed by atoms with van der Waals surface area (Å²) in [4.78, 5) is 32.4. The number of pyridine rings is 1. The lowest BCUT2D eigenvalue weighted by atomic mass is 9.91. The monoisotopic (exact) mass is 693 g/mol. The normalized spacial score (nSPS) is 18.4. The molecule has 1 aliphatic carbocycles. The van der Waals surface area contributed by atoms with Gasteiger partial charge in [-0.05, 0) is 67.0 Å². The molecule has 0 atom stereocenters. The van der Waals surface area contributed by atoms with Crippen LogP contribution in [0.4, 0.5) is 17.6 Å². The van der Waals surface area contributed by atoms with Gasteiger partial charge in [0.1, 0.15) is 22.8 Å². The third-order valence-electron chi connectivity index (χ3n) is 9.13. The zero-order valence-corrected chi connectivity index (χ0v) is 27.6. The van der Waals surface area contributed by atoms with Gasteiger partial charge in [-0.25, -0.2) is 9.37 Å². The molecule has 6 rings (SSSR count). The molecule has 0 bridgehead atoms. The zero-order valence-electron chi connectivity index (χ0n) is 27.6. The number of aromatic nitrogens is 3. The summed E-state index contributed by atoms with van der Waals surface area (Å²) in [6.45, 7) is 5.20. The predicted molar refractivity (Wildman–Crippen MR) is 178 cm³/mol. The van der Waals surface area contributed by atoms with E-state index in [1.807, 2.05) is 18.2 Å². The van der Waals surface area contributed by atoms with Crippen LogP contribution in [0.5, 0.6) is 11.6 Å². The molecule has 2 aliphatic rings. The fourth-order valence-corrected chi connectivity index (χ4v) is 6.36. The van der Waals surface area contributed by atoms with Gasteiger partial charge in [0.15, 0.2) is 5.69 Å². The van der Waals surface area contributed by atoms with Crippen molar-refractivity contribution in [1.82, 2.24) is 35.6 Å². The van der Waals surface area contributed by atoms with E-state index >= 15 is 0 Å². The van der Waals surface area contributed by atoms with Crippen molar-refractivity contribution in [2.75, 3.05) is 32.7 Å². The molecular weight excluding hydrogens is 654 g/mol. The van der Waals surface area contributed by atoms with Gasteiger partial charge in [0.05, 0.1) is 6.20 Å². The minimum absolute atomic E-state index is 0.0427. The van der Waals surface area contributed by atoms with E-state index in [1.165, 1.54) is 5.56 Å². The smallest absolute Gasteiger partial charge is 0.433 e. The first-order chi connectivity index (χ1) is 24.0. The topological polar surface area (TPSA) is 113 Å². The first-order valence-electron chi connectivity index (χ1n) is 16.7. The molecule has 2 aromatic heterocycles. The molecular formula is C36H39F4N7O3. The Morgan fingerprint density at radius 2 is 1.60 bits per heavy atom. The van der Waals surface area contributed by atoms with E-state index in [0.717, 1.165) is 75.6 Å². The lowest BCUT2D eigenvalue weighted by Gasteiger charge is -2.29. The molecule has 2 fully saturated rings. The van der Waals surface area contributed by atoms with E-state index in [4.69, 9.17) is 4.74 Å². The van der Waals surface area contributed by atoms with Gasteiger partial charge < -0.3 is 25.6 Å². The fourth-order valence-electron chi connectivity index (χ4n) is 6.36. The van der Waals surface area contributed by atoms with Gasteiger partial charge in [0, 0.05) is 57.9 Å². The summed E-state index contributed by atoms with van der Waals surface area (Å²) in [5, 5.41) is 12.7. The largest absolute Gasteiger partial charge is 0.438 e. The molecule has 3 heterocycles. The van der Waals surface area contributed by atoms with Crippen LogP contribution in [0.25, 0.3) is 11.1 Å². The number of carbonyl (C=O) groups is 2. The van der Waals surface area contributed by atoms with Crippen LogP contribution >= 0.6 is 0 Å². The van der Waals surface area contributed by atoms with Gasteiger partial charge in [-0.2, -0.15) is 18.3 Å². The predicted octanol–water partition coefficient (Wildman–Crippen LogP) is 5.35. The number of piperazine rings is 1. The van der Waals surface area contributed by atoms with Crippen LogP contribution in [0.2, 0.25) is 0 Å². The summed E-state index contributed by atoms with van der Waals surface area (Å²) in [5.74, 6) is -1.55. The average Bonchev–Trinajstić information content (AvgIpc) is 3.52. The number of nitrogens with zero attached hydrogens (tertiary/aromatic N) is 4. The van der Waals surface area contributed by atoms with Crippen LogP contribution in [0, 0.1) is 5.82 Å². The highest BCUT2D eigenvalue weighted by molar-refractivity contribution is 5.96. The van der Waals surface area contributed by atoms with Crippen molar-refractivity contribution < 1.29 is 31.9 Å². The quantitative estimate of drug-likeness (QED) is 0.192. The number of amides is 2. The molecule has 50 heavy (non-hydrogen) atoms. The Bertz CT molecular complexity index is 1800. The van der Waals surface area contributed by atoms with Crippen molar-refractivity contribution in [3.63, 3.8) is 0 Å². The molecule has 0 spiro atoms. The Labute approximate surface area is 287 Å². The maximum absolute atomic E-state index is 14.3. The minimum atomic E-state index is -4.62. The number of aryl methyl sites for hydroxylation is 1. The maximum atomic E-state index is 14.3. The van der Waals surface area contributed by atoms with Crippen LogP contribution in [0.1, 0.15) is 57.8 Å². The number of nitrogens with one attached hydrogen (secondary N) is 3. The molecule has 0 unspecified atom stereocenters. The van der Waals surface area contributed by atoms with Crippen molar-refractivity contribution in [3.8, 4) is 22.8 Å². The Balaban J connectivity index is 1.04. The summed E-state index contributed by atoms with van der Waals surface area (Å²) in [6, 6.07) is 17.0. The van der Waals surface area contributed by atoms with Crippen LogP contribution in [0.15, 0.2) is 66.9 Å². The highest BCUT2D eigenvalue weighted by Crippen LogP contribution is 2.31. The van der Waals surface area contributed by atoms with E-state index in [1.54, 1.807) is 6.07 Å². The molecule has 2 aromatic carbocycles. The van der Waals surface area contributed by atoms with Gasteiger partial charge in [-0.3, -0.25) is 14.3 Å². The van der Waals surface area contributed by atoms with E-state index in [0.29, 0.717) is 36.1 Å². The van der Waals surface area contributed by atoms with Crippen molar-refractivity contribution in [3.05, 3.63) is 95.2 Å². The number of hydrogen-bond donors (Lipinski definition) is 3. The molecule has 10 nitrogen and oxygen atoms in total. The number of halogens is 4. The Morgan fingerprint density at radius 1 is 0.920 bits per heavy atom. The van der Waals surface area contributed by atoms with Crippen LogP contribution in [-0.4, -0.2) is 76.3 Å². The first-order valence-corrected chi connectivity index (χ1v) is 16.7. The fraction of sp³-hybridized carbons (Fsp3) is 0.389. The van der Waals surface area contributed by atoms with Gasteiger partial charge in [-0.1, -0.05) is 36.4 Å². The summed E-state index contributed by atoms with van der Waals surface area (Å²) in [6.07, 6.45) is -0.731. The lowest BCUT2D eigenvalue weighted by Crippen LogP contribution is -2.44. The van der Waals surface area contributed by atoms with Crippen molar-refractivity contribution >= 4 is 11.8 Å². The summed E-state index contributed by atoms with van der Waals surface area (Å²) < 4.78 is 60.3. The Hall–Kier alpha value is -4.82. The first kappa shape index (κ1) is 35.0. The highest BCUT2D eigenvalue weighted by Gasteiger charge is 2.36. The second-order valence-corrected chi connectivity index (χ2v) is 12.7. The summed E-state index contributed by atoms with van der Waals surface area (Å²) in [7, 11) is 1.13. The number of rotatable bonds is 10. The van der Waals surface area contributed by atoms with Crippen LogP contribution in [0.3, 0.4) is 0 Å². The third kappa shape index (κ3) is 8.85. The van der Waals surface area contributed by atoms with Gasteiger partial charge >= 0.3 is 6.18 Å². The van der Waals surface area contributed by atoms with E-state index in [9.17, 15) is 27.2 Å². The SMILES string of the molecule is Cn1nc(C(=O)NC2CCC(NC(=O)c3cc(F)cnc3Oc3cccc(-c4ccc(CCN5CCNCC5)cc4)c3)CC2)cc1C(F)(F)F. The van der Waals surface area contributed by atoms with Crippen molar-refractivity contribution in [1.29, 1.82) is 0 Å². The number of alkyl halides is 3. The van der Waals surface area contributed by atoms with Crippen molar-refractivity contribution in [2.24, 2.45) is 7.05 Å². The molecule has 0 radical (unpaired) electrons.